The summed E-state index contributed by atoms with van der Waals surface area (Å²) < 4.78 is 37.6. The summed E-state index contributed by atoms with van der Waals surface area (Å²) in [4.78, 5) is 22.4. The Labute approximate surface area is 77.0 Å². The van der Waals surface area contributed by atoms with Gasteiger partial charge in [-0.2, -0.15) is 13.2 Å². The van der Waals surface area contributed by atoms with Gasteiger partial charge in [-0.15, -0.1) is 0 Å². The van der Waals surface area contributed by atoms with E-state index in [0.29, 0.717) is 4.90 Å². The van der Waals surface area contributed by atoms with Gasteiger partial charge >= 0.3 is 12.2 Å². The van der Waals surface area contributed by atoms with E-state index >= 15 is 0 Å². The number of hydrogen-bond donors (Lipinski definition) is 1. The highest BCUT2D eigenvalue weighted by atomic mass is 19.4. The monoisotopic (exact) mass is 208 g/mol. The van der Waals surface area contributed by atoms with Gasteiger partial charge in [-0.3, -0.25) is 4.79 Å². The van der Waals surface area contributed by atoms with Crippen molar-refractivity contribution in [3.8, 4) is 0 Å². The zero-order valence-corrected chi connectivity index (χ0v) is 7.02. The van der Waals surface area contributed by atoms with Crippen LogP contribution >= 0.6 is 0 Å². The number of halogens is 3. The maximum atomic E-state index is 12.5. The fourth-order valence-corrected chi connectivity index (χ4v) is 1.61. The maximum Gasteiger partial charge on any atom is 0.412 e. The van der Waals surface area contributed by atoms with Crippen molar-refractivity contribution >= 4 is 11.9 Å². The fraction of sp³-hybridized carbons (Fsp3) is 0.714. The topological polar surface area (TPSA) is 49.4 Å². The second-order valence-electron chi connectivity index (χ2n) is 3.42. The van der Waals surface area contributed by atoms with Gasteiger partial charge in [0.2, 0.25) is 0 Å². The minimum Gasteiger partial charge on any atom is -0.329 e. The molecule has 0 aromatic rings. The van der Waals surface area contributed by atoms with Crippen LogP contribution in [0.1, 0.15) is 12.8 Å². The van der Waals surface area contributed by atoms with Gasteiger partial charge in [0.25, 0.3) is 5.91 Å². The molecule has 1 saturated heterocycles. The Morgan fingerprint density at radius 2 is 1.86 bits per heavy atom. The Bertz CT molecular complexity index is 293. The van der Waals surface area contributed by atoms with Crippen LogP contribution in [-0.2, 0) is 4.79 Å². The molecule has 2 fully saturated rings. The van der Waals surface area contributed by atoms with Crippen LogP contribution in [0.3, 0.4) is 0 Å². The van der Waals surface area contributed by atoms with Crippen molar-refractivity contribution in [2.75, 3.05) is 6.54 Å². The number of hydrogen-bond acceptors (Lipinski definition) is 2. The number of alkyl halides is 3. The van der Waals surface area contributed by atoms with E-state index in [1.807, 2.05) is 0 Å². The molecule has 0 aromatic heterocycles. The van der Waals surface area contributed by atoms with Crippen LogP contribution in [0.25, 0.3) is 0 Å². The number of amides is 3. The van der Waals surface area contributed by atoms with Crippen molar-refractivity contribution in [2.24, 2.45) is 0 Å². The molecule has 14 heavy (non-hydrogen) atoms. The van der Waals surface area contributed by atoms with Crippen LogP contribution in [-0.4, -0.2) is 35.1 Å². The van der Waals surface area contributed by atoms with Crippen molar-refractivity contribution in [2.45, 2.75) is 24.6 Å². The smallest absolute Gasteiger partial charge is 0.329 e. The van der Waals surface area contributed by atoms with Crippen molar-refractivity contribution in [3.05, 3.63) is 0 Å². The molecule has 1 N–H and O–H groups in total. The van der Waals surface area contributed by atoms with Gasteiger partial charge in [0.15, 0.2) is 0 Å². The highest BCUT2D eigenvalue weighted by molar-refractivity contribution is 6.03. The Balaban J connectivity index is 2.31. The molecule has 1 heterocycles. The van der Waals surface area contributed by atoms with Gasteiger partial charge < -0.3 is 5.32 Å². The van der Waals surface area contributed by atoms with Gasteiger partial charge in [-0.25, -0.2) is 9.69 Å². The molecule has 0 atom stereocenters. The molecule has 2 rings (SSSR count). The summed E-state index contributed by atoms with van der Waals surface area (Å²) in [6, 6.07) is -0.940. The molecule has 0 bridgehead atoms. The quantitative estimate of drug-likeness (QED) is 0.642. The lowest BCUT2D eigenvalue weighted by Crippen LogP contribution is -2.51. The Kier molecular flexibility index (Phi) is 1.59. The second-order valence-corrected chi connectivity index (χ2v) is 3.42. The van der Waals surface area contributed by atoms with Crippen LogP contribution in [0.2, 0.25) is 0 Å². The van der Waals surface area contributed by atoms with E-state index in [9.17, 15) is 22.8 Å². The zero-order chi connectivity index (χ0) is 10.6. The molecule has 0 spiro atoms. The van der Waals surface area contributed by atoms with E-state index in [2.05, 4.69) is 5.32 Å². The first-order valence-electron chi connectivity index (χ1n) is 4.06. The summed E-state index contributed by atoms with van der Waals surface area (Å²) in [6.45, 7) is -0.337. The fourth-order valence-electron chi connectivity index (χ4n) is 1.61. The Hall–Kier alpha value is -1.27. The first-order chi connectivity index (χ1) is 6.38. The highest BCUT2D eigenvalue weighted by Crippen LogP contribution is 2.54. The van der Waals surface area contributed by atoms with E-state index in [1.54, 1.807) is 0 Å². The largest absolute Gasteiger partial charge is 0.412 e. The summed E-state index contributed by atoms with van der Waals surface area (Å²) in [6.07, 6.45) is -4.89. The molecule has 0 aromatic carbocycles. The highest BCUT2D eigenvalue weighted by Gasteiger charge is 2.70. The molecule has 1 aliphatic heterocycles. The van der Waals surface area contributed by atoms with E-state index < -0.39 is 23.7 Å². The minimum atomic E-state index is -4.52. The molecule has 1 aliphatic carbocycles. The SMILES string of the molecule is O=C1CNC(=O)N1C1(C(F)(F)F)CC1. The normalized spacial score (nSPS) is 25.2. The van der Waals surface area contributed by atoms with Crippen LogP contribution in [0.5, 0.6) is 0 Å². The lowest BCUT2D eigenvalue weighted by molar-refractivity contribution is -0.189. The molecular weight excluding hydrogens is 201 g/mol. The van der Waals surface area contributed by atoms with Gasteiger partial charge in [-0.1, -0.05) is 0 Å². The van der Waals surface area contributed by atoms with Crippen LogP contribution in [0, 0.1) is 0 Å². The number of rotatable bonds is 1. The third-order valence-electron chi connectivity index (χ3n) is 2.52. The predicted octanol–water partition coefficient (Wildman–Crippen LogP) is 0.633. The summed E-state index contributed by atoms with van der Waals surface area (Å²) in [5.41, 5.74) is -2.22. The average molecular weight is 208 g/mol. The number of carbonyl (C=O) groups excluding carboxylic acids is 2. The lowest BCUT2D eigenvalue weighted by atomic mass is 10.2. The van der Waals surface area contributed by atoms with Crippen LogP contribution in [0.4, 0.5) is 18.0 Å². The van der Waals surface area contributed by atoms with Crippen molar-refractivity contribution < 1.29 is 22.8 Å². The third kappa shape index (κ3) is 1.01. The molecule has 78 valence electrons. The summed E-state index contributed by atoms with van der Waals surface area (Å²) in [5.74, 6) is -0.801. The Morgan fingerprint density at radius 3 is 2.14 bits per heavy atom. The van der Waals surface area contributed by atoms with Gasteiger partial charge in [0.05, 0.1) is 6.54 Å². The molecule has 0 unspecified atom stereocenters. The van der Waals surface area contributed by atoms with Gasteiger partial charge in [0, 0.05) is 0 Å². The maximum absolute atomic E-state index is 12.5. The number of nitrogens with zero attached hydrogens (tertiary/aromatic N) is 1. The third-order valence-corrected chi connectivity index (χ3v) is 2.52. The lowest BCUT2D eigenvalue weighted by Gasteiger charge is -2.26. The first kappa shape index (κ1) is 9.29. The minimum absolute atomic E-state index is 0.185. The molecule has 4 nitrogen and oxygen atoms in total. The number of urea groups is 1. The second kappa shape index (κ2) is 2.40. The van der Waals surface area contributed by atoms with E-state index in [1.165, 1.54) is 0 Å². The van der Waals surface area contributed by atoms with E-state index in [-0.39, 0.29) is 19.4 Å². The van der Waals surface area contributed by atoms with Gasteiger partial charge in [-0.05, 0) is 12.8 Å². The van der Waals surface area contributed by atoms with Gasteiger partial charge in [0.1, 0.15) is 5.54 Å². The standard InChI is InChI=1S/C7H7F3N2O2/c8-7(9,10)6(1-2-6)12-4(13)3-11-5(12)14/h1-3H2,(H,11,14). The van der Waals surface area contributed by atoms with E-state index in [0.717, 1.165) is 0 Å². The zero-order valence-electron chi connectivity index (χ0n) is 7.02. The van der Waals surface area contributed by atoms with Crippen molar-refractivity contribution in [3.63, 3.8) is 0 Å². The summed E-state index contributed by atoms with van der Waals surface area (Å²) in [7, 11) is 0. The Morgan fingerprint density at radius 1 is 1.29 bits per heavy atom. The predicted molar refractivity (Wildman–Crippen MR) is 38.3 cm³/mol. The molecule has 0 radical (unpaired) electrons. The molecule has 2 aliphatic rings. The molecule has 7 heteroatoms. The number of nitrogens with one attached hydrogen (secondary N) is 1. The van der Waals surface area contributed by atoms with Crippen LogP contribution < -0.4 is 5.32 Å². The van der Waals surface area contributed by atoms with Crippen LogP contribution in [0.15, 0.2) is 0 Å². The van der Waals surface area contributed by atoms with Crippen molar-refractivity contribution in [1.82, 2.24) is 10.2 Å². The molecular formula is C7H7F3N2O2. The van der Waals surface area contributed by atoms with E-state index in [4.69, 9.17) is 0 Å². The average Bonchev–Trinajstić information content (AvgIpc) is 2.76. The first-order valence-corrected chi connectivity index (χ1v) is 4.06. The number of carbonyl (C=O) groups is 2. The number of imide groups is 1. The molecule has 1 saturated carbocycles. The molecule has 3 amide bonds. The van der Waals surface area contributed by atoms with Crippen molar-refractivity contribution in [1.29, 1.82) is 0 Å². The summed E-state index contributed by atoms with van der Waals surface area (Å²) in [5, 5.41) is 2.08. The summed E-state index contributed by atoms with van der Waals surface area (Å²) >= 11 is 0.